The van der Waals surface area contributed by atoms with Crippen LogP contribution in [0.1, 0.15) is 11.4 Å². The van der Waals surface area contributed by atoms with Crippen molar-refractivity contribution in [2.45, 2.75) is 6.42 Å². The quantitative estimate of drug-likeness (QED) is 0.799. The summed E-state index contributed by atoms with van der Waals surface area (Å²) in [5, 5.41) is 7.91. The Labute approximate surface area is 116 Å². The largest absolute Gasteiger partial charge is 0.359 e. The molecule has 0 fully saturated rings. The molecule has 1 aromatic heterocycles. The molecule has 2 aromatic rings. The van der Waals surface area contributed by atoms with Gasteiger partial charge in [0.2, 0.25) is 5.13 Å². The van der Waals surface area contributed by atoms with E-state index in [2.05, 4.69) is 20.0 Å². The summed E-state index contributed by atoms with van der Waals surface area (Å²) in [4.78, 5) is 4.44. The first-order valence-corrected chi connectivity index (χ1v) is 6.88. The van der Waals surface area contributed by atoms with Gasteiger partial charge in [0.25, 0.3) is 0 Å². The minimum absolute atomic E-state index is 0.737. The fourth-order valence-electron chi connectivity index (χ4n) is 1.48. The Morgan fingerprint density at radius 1 is 1.22 bits per heavy atom. The summed E-state index contributed by atoms with van der Waals surface area (Å²) in [6.07, 6.45) is 0.737. The van der Waals surface area contributed by atoms with Gasteiger partial charge in [-0.1, -0.05) is 23.7 Å². The highest BCUT2D eigenvalue weighted by atomic mass is 35.5. The monoisotopic (exact) mass is 282 g/mol. The summed E-state index contributed by atoms with van der Waals surface area (Å²) in [7, 11) is 1.92. The molecule has 0 radical (unpaired) electrons. The molecule has 0 amide bonds. The van der Waals surface area contributed by atoms with Crippen LogP contribution in [0.5, 0.6) is 0 Å². The summed E-state index contributed by atoms with van der Waals surface area (Å²) in [5.41, 5.74) is 1.17. The van der Waals surface area contributed by atoms with E-state index >= 15 is 0 Å². The number of hydrogen-bond acceptors (Lipinski definition) is 5. The maximum Gasteiger partial charge on any atom is 0.202 e. The molecule has 0 aliphatic heterocycles. The van der Waals surface area contributed by atoms with Crippen molar-refractivity contribution >= 4 is 28.3 Å². The van der Waals surface area contributed by atoms with Crippen molar-refractivity contribution in [3.05, 3.63) is 40.7 Å². The standard InChI is InChI=1S/C12H15ClN4S/c1-14-6-7-15-12-16-11(17-18-12)8-9-2-4-10(13)5-3-9/h2-5,14H,6-8H2,1H3,(H,15,16,17). The molecule has 0 spiro atoms. The maximum absolute atomic E-state index is 5.84. The third-order valence-corrected chi connectivity index (χ3v) is 3.36. The van der Waals surface area contributed by atoms with Crippen molar-refractivity contribution in [1.29, 1.82) is 0 Å². The number of rotatable bonds is 6. The van der Waals surface area contributed by atoms with E-state index in [1.807, 2.05) is 31.3 Å². The van der Waals surface area contributed by atoms with Crippen LogP contribution in [0, 0.1) is 0 Å². The van der Waals surface area contributed by atoms with Crippen LogP contribution in [0.25, 0.3) is 0 Å². The van der Waals surface area contributed by atoms with Crippen LogP contribution in [0.2, 0.25) is 5.02 Å². The molecule has 2 rings (SSSR count). The first-order valence-electron chi connectivity index (χ1n) is 5.73. The van der Waals surface area contributed by atoms with Crippen molar-refractivity contribution in [3.8, 4) is 0 Å². The summed E-state index contributed by atoms with van der Waals surface area (Å²) < 4.78 is 4.33. The summed E-state index contributed by atoms with van der Waals surface area (Å²) in [5.74, 6) is 0.842. The van der Waals surface area contributed by atoms with Gasteiger partial charge in [-0.2, -0.15) is 4.37 Å². The van der Waals surface area contributed by atoms with E-state index in [4.69, 9.17) is 11.6 Å². The SMILES string of the molecule is CNCCNc1nc(Cc2ccc(Cl)cc2)ns1. The number of benzene rings is 1. The van der Waals surface area contributed by atoms with E-state index in [1.165, 1.54) is 17.1 Å². The molecule has 0 unspecified atom stereocenters. The summed E-state index contributed by atoms with van der Waals surface area (Å²) in [6.45, 7) is 1.76. The molecule has 0 atom stereocenters. The number of aromatic nitrogens is 2. The highest BCUT2D eigenvalue weighted by Crippen LogP contribution is 2.15. The Hall–Kier alpha value is -1.17. The van der Waals surface area contributed by atoms with E-state index in [0.29, 0.717) is 0 Å². The summed E-state index contributed by atoms with van der Waals surface area (Å²) in [6, 6.07) is 7.76. The number of nitrogens with one attached hydrogen (secondary N) is 2. The number of halogens is 1. The third kappa shape index (κ3) is 3.94. The molecule has 0 saturated carbocycles. The number of hydrogen-bond donors (Lipinski definition) is 2. The lowest BCUT2D eigenvalue weighted by Gasteiger charge is -1.99. The molecular weight excluding hydrogens is 268 g/mol. The molecule has 4 nitrogen and oxygen atoms in total. The van der Waals surface area contributed by atoms with Gasteiger partial charge >= 0.3 is 0 Å². The van der Waals surface area contributed by atoms with E-state index in [1.54, 1.807) is 0 Å². The molecule has 0 bridgehead atoms. The lowest BCUT2D eigenvalue weighted by molar-refractivity contribution is 0.822. The van der Waals surface area contributed by atoms with Gasteiger partial charge < -0.3 is 10.6 Å². The van der Waals surface area contributed by atoms with Gasteiger partial charge in [-0.25, -0.2) is 4.98 Å². The fourth-order valence-corrected chi connectivity index (χ4v) is 2.21. The fraction of sp³-hybridized carbons (Fsp3) is 0.333. The molecule has 6 heteroatoms. The molecule has 1 heterocycles. The van der Waals surface area contributed by atoms with Crippen LogP contribution < -0.4 is 10.6 Å². The van der Waals surface area contributed by atoms with E-state index < -0.39 is 0 Å². The van der Waals surface area contributed by atoms with Gasteiger partial charge in [0.15, 0.2) is 0 Å². The third-order valence-electron chi connectivity index (χ3n) is 2.39. The predicted molar refractivity (Wildman–Crippen MR) is 76.6 cm³/mol. The maximum atomic E-state index is 5.84. The molecule has 1 aromatic carbocycles. The second-order valence-electron chi connectivity index (χ2n) is 3.85. The van der Waals surface area contributed by atoms with Crippen LogP contribution in [0.4, 0.5) is 5.13 Å². The predicted octanol–water partition coefficient (Wildman–Crippen LogP) is 2.41. The zero-order valence-corrected chi connectivity index (χ0v) is 11.7. The van der Waals surface area contributed by atoms with Gasteiger partial charge in [-0.05, 0) is 24.7 Å². The molecule has 0 aliphatic rings. The van der Waals surface area contributed by atoms with Crippen molar-refractivity contribution < 1.29 is 0 Å². The Morgan fingerprint density at radius 2 is 2.00 bits per heavy atom. The van der Waals surface area contributed by atoms with Crippen LogP contribution >= 0.6 is 23.1 Å². The molecular formula is C12H15ClN4S. The average Bonchev–Trinajstić information content (AvgIpc) is 2.80. The topological polar surface area (TPSA) is 49.8 Å². The van der Waals surface area contributed by atoms with Gasteiger partial charge in [-0.3, -0.25) is 0 Å². The Kier molecular flexibility index (Phi) is 4.92. The second-order valence-corrected chi connectivity index (χ2v) is 5.04. The smallest absolute Gasteiger partial charge is 0.202 e. The first kappa shape index (κ1) is 13.3. The Morgan fingerprint density at radius 3 is 2.72 bits per heavy atom. The Balaban J connectivity index is 1.91. The second kappa shape index (κ2) is 6.68. The molecule has 96 valence electrons. The minimum Gasteiger partial charge on any atom is -0.359 e. The molecule has 2 N–H and O–H groups in total. The first-order chi connectivity index (χ1) is 8.78. The lowest BCUT2D eigenvalue weighted by atomic mass is 10.1. The van der Waals surface area contributed by atoms with Crippen molar-refractivity contribution in [2.24, 2.45) is 0 Å². The van der Waals surface area contributed by atoms with E-state index in [9.17, 15) is 0 Å². The Bertz CT molecular complexity index is 483. The van der Waals surface area contributed by atoms with Crippen molar-refractivity contribution in [2.75, 3.05) is 25.5 Å². The van der Waals surface area contributed by atoms with E-state index in [0.717, 1.165) is 35.5 Å². The number of nitrogens with zero attached hydrogens (tertiary/aromatic N) is 2. The molecule has 18 heavy (non-hydrogen) atoms. The van der Waals surface area contributed by atoms with Crippen LogP contribution in [0.15, 0.2) is 24.3 Å². The van der Waals surface area contributed by atoms with Crippen LogP contribution in [0.3, 0.4) is 0 Å². The average molecular weight is 283 g/mol. The van der Waals surface area contributed by atoms with Gasteiger partial charge in [0.1, 0.15) is 5.82 Å². The van der Waals surface area contributed by atoms with Gasteiger partial charge in [0, 0.05) is 36.1 Å². The highest BCUT2D eigenvalue weighted by molar-refractivity contribution is 7.09. The van der Waals surface area contributed by atoms with Gasteiger partial charge in [0.05, 0.1) is 0 Å². The van der Waals surface area contributed by atoms with Crippen LogP contribution in [-0.2, 0) is 6.42 Å². The molecule has 0 saturated heterocycles. The van der Waals surface area contributed by atoms with Crippen LogP contribution in [-0.4, -0.2) is 29.5 Å². The zero-order chi connectivity index (χ0) is 12.8. The zero-order valence-electron chi connectivity index (χ0n) is 10.1. The normalized spacial score (nSPS) is 10.6. The molecule has 0 aliphatic carbocycles. The van der Waals surface area contributed by atoms with Crippen molar-refractivity contribution in [3.63, 3.8) is 0 Å². The van der Waals surface area contributed by atoms with E-state index in [-0.39, 0.29) is 0 Å². The lowest BCUT2D eigenvalue weighted by Crippen LogP contribution is -2.17. The van der Waals surface area contributed by atoms with Gasteiger partial charge in [-0.15, -0.1) is 0 Å². The number of anilines is 1. The highest BCUT2D eigenvalue weighted by Gasteiger charge is 2.04. The number of likely N-dealkylation sites (N-methyl/N-ethyl adjacent to an activating group) is 1. The summed E-state index contributed by atoms with van der Waals surface area (Å²) >= 11 is 7.24. The minimum atomic E-state index is 0.737. The van der Waals surface area contributed by atoms with Crippen molar-refractivity contribution in [1.82, 2.24) is 14.7 Å².